The average Bonchev–Trinajstić information content (AvgIpc) is 3.27. The molecule has 1 fully saturated rings. The van der Waals surface area contributed by atoms with Crippen LogP contribution in [-0.2, 0) is 6.54 Å². The lowest BCUT2D eigenvalue weighted by Crippen LogP contribution is -2.16. The van der Waals surface area contributed by atoms with E-state index in [1.165, 1.54) is 24.1 Å². The van der Waals surface area contributed by atoms with Gasteiger partial charge in [0.1, 0.15) is 0 Å². The number of pyridine rings is 1. The van der Waals surface area contributed by atoms with E-state index in [0.717, 1.165) is 17.6 Å². The molecule has 100 valence electrons. The topological polar surface area (TPSA) is 42.7 Å². The van der Waals surface area contributed by atoms with Crippen molar-refractivity contribution in [3.8, 4) is 0 Å². The Morgan fingerprint density at radius 3 is 2.75 bits per heavy atom. The lowest BCUT2D eigenvalue weighted by Gasteiger charge is -2.07. The largest absolute Gasteiger partial charge is 0.304 e. The quantitative estimate of drug-likeness (QED) is 0.787. The van der Waals surface area contributed by atoms with E-state index in [9.17, 15) is 0 Å². The van der Waals surface area contributed by atoms with Crippen LogP contribution in [0.15, 0.2) is 48.7 Å². The lowest BCUT2D eigenvalue weighted by molar-refractivity contribution is 0.745. The Kier molecular flexibility index (Phi) is 2.66. The van der Waals surface area contributed by atoms with Crippen LogP contribution in [0.25, 0.3) is 11.0 Å². The first kappa shape index (κ1) is 11.5. The molecule has 1 aliphatic rings. The minimum Gasteiger partial charge on any atom is -0.304 e. The van der Waals surface area contributed by atoms with Crippen molar-refractivity contribution in [1.29, 1.82) is 0 Å². The predicted octanol–water partition coefficient (Wildman–Crippen LogP) is 3.05. The van der Waals surface area contributed by atoms with Gasteiger partial charge in [-0.2, -0.15) is 9.89 Å². The van der Waals surface area contributed by atoms with E-state index in [-0.39, 0.29) is 0 Å². The first-order valence-corrected chi connectivity index (χ1v) is 7.02. The SMILES string of the molecule is c1ccc(CNn2ncc3ccc(C4CC4)nc32)cc1. The second-order valence-electron chi connectivity index (χ2n) is 5.30. The van der Waals surface area contributed by atoms with E-state index in [4.69, 9.17) is 4.98 Å². The molecule has 0 radical (unpaired) electrons. The fourth-order valence-corrected chi connectivity index (χ4v) is 2.40. The molecule has 0 amide bonds. The van der Waals surface area contributed by atoms with Crippen molar-refractivity contribution in [2.75, 3.05) is 5.43 Å². The van der Waals surface area contributed by atoms with Crippen molar-refractivity contribution in [1.82, 2.24) is 14.9 Å². The first-order chi connectivity index (χ1) is 9.90. The average molecular weight is 264 g/mol. The van der Waals surface area contributed by atoms with Crippen LogP contribution in [-0.4, -0.2) is 14.9 Å². The molecule has 1 aromatic carbocycles. The van der Waals surface area contributed by atoms with Crippen LogP contribution in [0.4, 0.5) is 0 Å². The van der Waals surface area contributed by atoms with Crippen molar-refractivity contribution in [3.63, 3.8) is 0 Å². The van der Waals surface area contributed by atoms with Crippen molar-refractivity contribution in [2.24, 2.45) is 0 Å². The Morgan fingerprint density at radius 1 is 1.10 bits per heavy atom. The zero-order chi connectivity index (χ0) is 13.4. The van der Waals surface area contributed by atoms with Gasteiger partial charge in [0.25, 0.3) is 0 Å². The summed E-state index contributed by atoms with van der Waals surface area (Å²) in [5.41, 5.74) is 6.66. The highest BCUT2D eigenvalue weighted by Gasteiger charge is 2.25. The molecule has 0 unspecified atom stereocenters. The molecule has 1 saturated carbocycles. The van der Waals surface area contributed by atoms with Gasteiger partial charge in [0.15, 0.2) is 5.65 Å². The summed E-state index contributed by atoms with van der Waals surface area (Å²) < 4.78 is 0. The zero-order valence-electron chi connectivity index (χ0n) is 11.2. The van der Waals surface area contributed by atoms with Gasteiger partial charge in [-0.05, 0) is 30.5 Å². The highest BCUT2D eigenvalue weighted by atomic mass is 15.6. The van der Waals surface area contributed by atoms with Gasteiger partial charge in [-0.15, -0.1) is 0 Å². The minimum absolute atomic E-state index is 0.664. The molecule has 0 aliphatic heterocycles. The Labute approximate surface area is 117 Å². The van der Waals surface area contributed by atoms with Crippen LogP contribution in [0.2, 0.25) is 0 Å². The Morgan fingerprint density at radius 2 is 1.95 bits per heavy atom. The summed E-state index contributed by atoms with van der Waals surface area (Å²) >= 11 is 0. The molecule has 0 atom stereocenters. The molecule has 4 heteroatoms. The summed E-state index contributed by atoms with van der Waals surface area (Å²) in [7, 11) is 0. The maximum atomic E-state index is 4.75. The number of fused-ring (bicyclic) bond motifs is 1. The molecule has 0 spiro atoms. The molecule has 2 heterocycles. The van der Waals surface area contributed by atoms with Gasteiger partial charge in [-0.3, -0.25) is 0 Å². The number of hydrogen-bond donors (Lipinski definition) is 1. The van der Waals surface area contributed by atoms with Crippen LogP contribution in [0.1, 0.15) is 30.0 Å². The van der Waals surface area contributed by atoms with Gasteiger partial charge in [0.2, 0.25) is 0 Å². The third kappa shape index (κ3) is 2.13. The smallest absolute Gasteiger partial charge is 0.180 e. The van der Waals surface area contributed by atoms with Crippen molar-refractivity contribution >= 4 is 11.0 Å². The molecule has 1 aliphatic carbocycles. The van der Waals surface area contributed by atoms with E-state index in [1.807, 2.05) is 24.4 Å². The Bertz CT molecular complexity index is 729. The van der Waals surface area contributed by atoms with Crippen LogP contribution < -0.4 is 5.43 Å². The van der Waals surface area contributed by atoms with Gasteiger partial charge < -0.3 is 5.43 Å². The van der Waals surface area contributed by atoms with Gasteiger partial charge in [-0.25, -0.2) is 4.98 Å². The Hall–Kier alpha value is -2.36. The number of aromatic nitrogens is 3. The highest BCUT2D eigenvalue weighted by Crippen LogP contribution is 2.39. The zero-order valence-corrected chi connectivity index (χ0v) is 11.2. The summed E-state index contributed by atoms with van der Waals surface area (Å²) in [6, 6.07) is 14.6. The third-order valence-electron chi connectivity index (χ3n) is 3.71. The fourth-order valence-electron chi connectivity index (χ4n) is 2.40. The summed E-state index contributed by atoms with van der Waals surface area (Å²) in [4.78, 5) is 6.53. The lowest BCUT2D eigenvalue weighted by atomic mass is 10.2. The normalized spacial score (nSPS) is 14.6. The molecule has 4 rings (SSSR count). The van der Waals surface area contributed by atoms with Gasteiger partial charge in [-0.1, -0.05) is 30.3 Å². The molecule has 0 saturated heterocycles. The standard InChI is InChI=1S/C16H16N4/c1-2-4-12(5-3-1)10-17-20-16-14(11-18-20)8-9-15(19-16)13-6-7-13/h1-5,8-9,11,13,17H,6-7,10H2. The van der Waals surface area contributed by atoms with E-state index in [0.29, 0.717) is 5.92 Å². The molecule has 1 N–H and O–H groups in total. The molecule has 3 aromatic rings. The number of nitrogens with one attached hydrogen (secondary N) is 1. The summed E-state index contributed by atoms with van der Waals surface area (Å²) in [6.07, 6.45) is 4.39. The summed E-state index contributed by atoms with van der Waals surface area (Å²) in [5.74, 6) is 0.664. The van der Waals surface area contributed by atoms with Crippen LogP contribution in [0, 0.1) is 0 Å². The van der Waals surface area contributed by atoms with Gasteiger partial charge in [0, 0.05) is 17.0 Å². The molecule has 4 nitrogen and oxygen atoms in total. The highest BCUT2D eigenvalue weighted by molar-refractivity contribution is 5.74. The second kappa shape index (κ2) is 4.63. The first-order valence-electron chi connectivity index (χ1n) is 7.02. The number of benzene rings is 1. The molecule has 2 aromatic heterocycles. The molecule has 0 bridgehead atoms. The van der Waals surface area contributed by atoms with Crippen molar-refractivity contribution < 1.29 is 0 Å². The number of nitrogens with zero attached hydrogens (tertiary/aromatic N) is 3. The minimum atomic E-state index is 0.664. The van der Waals surface area contributed by atoms with Crippen LogP contribution >= 0.6 is 0 Å². The maximum Gasteiger partial charge on any atom is 0.180 e. The van der Waals surface area contributed by atoms with Crippen molar-refractivity contribution in [2.45, 2.75) is 25.3 Å². The van der Waals surface area contributed by atoms with Crippen LogP contribution in [0.5, 0.6) is 0 Å². The molecular formula is C16H16N4. The number of rotatable bonds is 4. The predicted molar refractivity (Wildman–Crippen MR) is 79.0 cm³/mol. The van der Waals surface area contributed by atoms with Gasteiger partial charge >= 0.3 is 0 Å². The van der Waals surface area contributed by atoms with E-state index in [2.05, 4.69) is 34.8 Å². The van der Waals surface area contributed by atoms with E-state index < -0.39 is 0 Å². The fraction of sp³-hybridized carbons (Fsp3) is 0.250. The van der Waals surface area contributed by atoms with E-state index in [1.54, 1.807) is 4.79 Å². The Balaban J connectivity index is 1.60. The molecular weight excluding hydrogens is 248 g/mol. The summed E-state index contributed by atoms with van der Waals surface area (Å²) in [5, 5.41) is 5.45. The molecule has 20 heavy (non-hydrogen) atoms. The van der Waals surface area contributed by atoms with E-state index >= 15 is 0 Å². The third-order valence-corrected chi connectivity index (χ3v) is 3.71. The number of hydrogen-bond acceptors (Lipinski definition) is 3. The van der Waals surface area contributed by atoms with Crippen molar-refractivity contribution in [3.05, 3.63) is 59.9 Å². The monoisotopic (exact) mass is 264 g/mol. The summed E-state index contributed by atoms with van der Waals surface area (Å²) in [6.45, 7) is 0.743. The second-order valence-corrected chi connectivity index (χ2v) is 5.30. The van der Waals surface area contributed by atoms with Gasteiger partial charge in [0.05, 0.1) is 12.7 Å². The maximum absolute atomic E-state index is 4.75. The van der Waals surface area contributed by atoms with Crippen LogP contribution in [0.3, 0.4) is 0 Å².